The van der Waals surface area contributed by atoms with Gasteiger partial charge in [0.15, 0.2) is 0 Å². The summed E-state index contributed by atoms with van der Waals surface area (Å²) in [6.45, 7) is 3.50. The number of amides is 2. The lowest BCUT2D eigenvalue weighted by Gasteiger charge is -2.41. The molecule has 0 aromatic heterocycles. The molecular formula is C15H26N2O3. The standard InChI is InChI=1S/C15H26N2O3/c1-2-5-13(14(18)19)16-15(20)17-9-8-11-6-3-4-7-12(11)10-17/h11-13H,2-10H2,1H3,(H,16,20)(H,18,19)/t11?,12?,13-/m0/s1. The van der Waals surface area contributed by atoms with E-state index in [-0.39, 0.29) is 6.03 Å². The van der Waals surface area contributed by atoms with Crippen molar-refractivity contribution in [2.45, 2.75) is 57.9 Å². The van der Waals surface area contributed by atoms with Crippen molar-refractivity contribution in [3.8, 4) is 0 Å². The maximum absolute atomic E-state index is 12.2. The Kier molecular flexibility index (Phi) is 5.26. The minimum Gasteiger partial charge on any atom is -0.480 e. The van der Waals surface area contributed by atoms with Gasteiger partial charge in [-0.3, -0.25) is 0 Å². The second-order valence-electron chi connectivity index (χ2n) is 6.17. The summed E-state index contributed by atoms with van der Waals surface area (Å²) in [5, 5.41) is 11.8. The Labute approximate surface area is 120 Å². The summed E-state index contributed by atoms with van der Waals surface area (Å²) in [6, 6.07) is -0.952. The Balaban J connectivity index is 1.87. The number of aliphatic carboxylic acids is 1. The molecule has 114 valence electrons. The first-order chi connectivity index (χ1) is 9.61. The monoisotopic (exact) mass is 282 g/mol. The number of piperidine rings is 1. The van der Waals surface area contributed by atoms with E-state index in [0.29, 0.717) is 12.3 Å². The largest absolute Gasteiger partial charge is 0.480 e. The second-order valence-corrected chi connectivity index (χ2v) is 6.17. The van der Waals surface area contributed by atoms with Crippen LogP contribution in [0.3, 0.4) is 0 Å². The van der Waals surface area contributed by atoms with E-state index in [1.807, 2.05) is 11.8 Å². The van der Waals surface area contributed by atoms with Crippen molar-refractivity contribution < 1.29 is 14.7 Å². The average Bonchev–Trinajstić information content (AvgIpc) is 2.46. The van der Waals surface area contributed by atoms with E-state index < -0.39 is 12.0 Å². The van der Waals surface area contributed by atoms with Crippen LogP contribution >= 0.6 is 0 Å². The molecular weight excluding hydrogens is 256 g/mol. The molecule has 2 N–H and O–H groups in total. The maximum Gasteiger partial charge on any atom is 0.326 e. The van der Waals surface area contributed by atoms with Crippen molar-refractivity contribution >= 4 is 12.0 Å². The van der Waals surface area contributed by atoms with Gasteiger partial charge in [0, 0.05) is 13.1 Å². The number of carboxylic acid groups (broad SMARTS) is 1. The quantitative estimate of drug-likeness (QED) is 0.832. The van der Waals surface area contributed by atoms with Crippen molar-refractivity contribution in [3.05, 3.63) is 0 Å². The maximum atomic E-state index is 12.2. The fraction of sp³-hybridized carbons (Fsp3) is 0.867. The van der Waals surface area contributed by atoms with Crippen LogP contribution in [0.1, 0.15) is 51.9 Å². The molecule has 5 heteroatoms. The number of urea groups is 1. The SMILES string of the molecule is CCC[C@H](NC(=O)N1CCC2CCCCC2C1)C(=O)O. The lowest BCUT2D eigenvalue weighted by atomic mass is 9.75. The molecule has 2 fully saturated rings. The number of rotatable bonds is 4. The van der Waals surface area contributed by atoms with Crippen LogP contribution in [0, 0.1) is 11.8 Å². The summed E-state index contributed by atoms with van der Waals surface area (Å²) in [4.78, 5) is 25.1. The van der Waals surface area contributed by atoms with Crippen LogP contribution in [0.5, 0.6) is 0 Å². The fourth-order valence-electron chi connectivity index (χ4n) is 3.57. The number of carboxylic acids is 1. The van der Waals surface area contributed by atoms with Crippen LogP contribution in [0.2, 0.25) is 0 Å². The number of likely N-dealkylation sites (tertiary alicyclic amines) is 1. The van der Waals surface area contributed by atoms with Crippen molar-refractivity contribution in [1.29, 1.82) is 0 Å². The Morgan fingerprint density at radius 2 is 1.95 bits per heavy atom. The number of nitrogens with zero attached hydrogens (tertiary/aromatic N) is 1. The molecule has 1 saturated carbocycles. The zero-order chi connectivity index (χ0) is 14.5. The highest BCUT2D eigenvalue weighted by atomic mass is 16.4. The molecule has 0 aromatic carbocycles. The number of fused-ring (bicyclic) bond motifs is 1. The Bertz CT molecular complexity index is 359. The van der Waals surface area contributed by atoms with E-state index in [9.17, 15) is 9.59 Å². The number of carbonyl (C=O) groups is 2. The zero-order valence-corrected chi connectivity index (χ0v) is 12.3. The number of nitrogens with one attached hydrogen (secondary N) is 1. The summed E-state index contributed by atoms with van der Waals surface area (Å²) in [6.07, 6.45) is 7.42. The van der Waals surface area contributed by atoms with Gasteiger partial charge in [0.25, 0.3) is 0 Å². The summed E-state index contributed by atoms with van der Waals surface area (Å²) >= 11 is 0. The first-order valence-electron chi connectivity index (χ1n) is 7.90. The van der Waals surface area contributed by atoms with Crippen LogP contribution in [-0.4, -0.2) is 41.1 Å². The Morgan fingerprint density at radius 3 is 2.60 bits per heavy atom. The third kappa shape index (κ3) is 3.64. The van der Waals surface area contributed by atoms with Crippen molar-refractivity contribution in [2.24, 2.45) is 11.8 Å². The van der Waals surface area contributed by atoms with Crippen LogP contribution in [0.15, 0.2) is 0 Å². The lowest BCUT2D eigenvalue weighted by molar-refractivity contribution is -0.139. The third-order valence-corrected chi connectivity index (χ3v) is 4.75. The van der Waals surface area contributed by atoms with Crippen LogP contribution in [0.4, 0.5) is 4.79 Å². The van der Waals surface area contributed by atoms with Gasteiger partial charge in [-0.15, -0.1) is 0 Å². The first-order valence-corrected chi connectivity index (χ1v) is 7.90. The van der Waals surface area contributed by atoms with Crippen molar-refractivity contribution in [2.75, 3.05) is 13.1 Å². The third-order valence-electron chi connectivity index (χ3n) is 4.75. The molecule has 0 spiro atoms. The average molecular weight is 282 g/mol. The smallest absolute Gasteiger partial charge is 0.326 e. The molecule has 3 atom stereocenters. The van der Waals surface area contributed by atoms with E-state index in [0.717, 1.165) is 31.8 Å². The van der Waals surface area contributed by atoms with E-state index in [2.05, 4.69) is 5.32 Å². The second kappa shape index (κ2) is 6.95. The summed E-state index contributed by atoms with van der Waals surface area (Å²) in [5.41, 5.74) is 0. The van der Waals surface area contributed by atoms with Gasteiger partial charge in [-0.2, -0.15) is 0 Å². The molecule has 2 amide bonds. The molecule has 0 radical (unpaired) electrons. The highest BCUT2D eigenvalue weighted by Crippen LogP contribution is 2.35. The molecule has 0 bridgehead atoms. The highest BCUT2D eigenvalue weighted by Gasteiger charge is 2.33. The van der Waals surface area contributed by atoms with Gasteiger partial charge in [0.1, 0.15) is 6.04 Å². The zero-order valence-electron chi connectivity index (χ0n) is 12.3. The molecule has 1 aliphatic carbocycles. The number of hydrogen-bond donors (Lipinski definition) is 2. The lowest BCUT2D eigenvalue weighted by Crippen LogP contribution is -2.52. The molecule has 0 aromatic rings. The van der Waals surface area contributed by atoms with Crippen molar-refractivity contribution in [3.63, 3.8) is 0 Å². The van der Waals surface area contributed by atoms with E-state index in [1.165, 1.54) is 25.7 Å². The summed E-state index contributed by atoms with van der Waals surface area (Å²) in [5.74, 6) is 0.462. The normalized spacial score (nSPS) is 27.6. The predicted octanol–water partition coefficient (Wildman–Crippen LogP) is 2.46. The van der Waals surface area contributed by atoms with E-state index in [1.54, 1.807) is 0 Å². The minimum absolute atomic E-state index is 0.199. The van der Waals surface area contributed by atoms with Gasteiger partial charge in [-0.1, -0.05) is 32.6 Å². The topological polar surface area (TPSA) is 69.6 Å². The van der Waals surface area contributed by atoms with Gasteiger partial charge < -0.3 is 15.3 Å². The van der Waals surface area contributed by atoms with Crippen LogP contribution in [0.25, 0.3) is 0 Å². The molecule has 5 nitrogen and oxygen atoms in total. The van der Waals surface area contributed by atoms with E-state index in [4.69, 9.17) is 5.11 Å². The molecule has 20 heavy (non-hydrogen) atoms. The number of hydrogen-bond acceptors (Lipinski definition) is 2. The molecule has 1 saturated heterocycles. The molecule has 1 heterocycles. The summed E-state index contributed by atoms with van der Waals surface area (Å²) in [7, 11) is 0. The van der Waals surface area contributed by atoms with E-state index >= 15 is 0 Å². The molecule has 2 unspecified atom stereocenters. The van der Waals surface area contributed by atoms with Gasteiger partial charge in [0.05, 0.1) is 0 Å². The van der Waals surface area contributed by atoms with Crippen LogP contribution < -0.4 is 5.32 Å². The molecule has 2 rings (SSSR count). The Hall–Kier alpha value is -1.26. The number of carbonyl (C=O) groups excluding carboxylic acids is 1. The first kappa shape index (κ1) is 15.1. The Morgan fingerprint density at radius 1 is 1.25 bits per heavy atom. The van der Waals surface area contributed by atoms with Gasteiger partial charge in [-0.05, 0) is 31.1 Å². The fourth-order valence-corrected chi connectivity index (χ4v) is 3.57. The minimum atomic E-state index is -0.937. The van der Waals surface area contributed by atoms with Crippen LogP contribution in [-0.2, 0) is 4.79 Å². The van der Waals surface area contributed by atoms with Crippen molar-refractivity contribution in [1.82, 2.24) is 10.2 Å². The molecule has 2 aliphatic rings. The predicted molar refractivity (Wildman–Crippen MR) is 76.5 cm³/mol. The van der Waals surface area contributed by atoms with Gasteiger partial charge in [0.2, 0.25) is 0 Å². The van der Waals surface area contributed by atoms with Gasteiger partial charge >= 0.3 is 12.0 Å². The van der Waals surface area contributed by atoms with Gasteiger partial charge in [-0.25, -0.2) is 9.59 Å². The highest BCUT2D eigenvalue weighted by molar-refractivity contribution is 5.82. The summed E-state index contributed by atoms with van der Waals surface area (Å²) < 4.78 is 0. The molecule has 1 aliphatic heterocycles.